The maximum atomic E-state index is 13.6. The highest BCUT2D eigenvalue weighted by Gasteiger charge is 2.13. The van der Waals surface area contributed by atoms with E-state index >= 15 is 0 Å². The van der Waals surface area contributed by atoms with Gasteiger partial charge in [0, 0.05) is 20.0 Å². The van der Waals surface area contributed by atoms with Crippen LogP contribution in [0.5, 0.6) is 5.75 Å². The third-order valence-electron chi connectivity index (χ3n) is 4.87. The fourth-order valence-corrected chi connectivity index (χ4v) is 3.12. The van der Waals surface area contributed by atoms with E-state index in [-0.39, 0.29) is 31.2 Å². The van der Waals surface area contributed by atoms with Gasteiger partial charge in [0.1, 0.15) is 11.6 Å². The van der Waals surface area contributed by atoms with Gasteiger partial charge >= 0.3 is 5.97 Å². The van der Waals surface area contributed by atoms with Gasteiger partial charge in [-0.25, -0.2) is 4.39 Å². The normalized spacial score (nSPS) is 10.6. The van der Waals surface area contributed by atoms with Crippen molar-refractivity contribution in [1.82, 2.24) is 4.90 Å². The van der Waals surface area contributed by atoms with Gasteiger partial charge in [-0.2, -0.15) is 0 Å². The Morgan fingerprint density at radius 1 is 1.00 bits per heavy atom. The van der Waals surface area contributed by atoms with E-state index in [4.69, 9.17) is 9.47 Å². The molecular formula is C24H24FNO4. The van der Waals surface area contributed by atoms with E-state index in [1.165, 1.54) is 11.0 Å². The number of ether oxygens (including phenoxy) is 2. The molecule has 0 aliphatic rings. The average Bonchev–Trinajstić information content (AvgIpc) is 2.76. The first-order chi connectivity index (χ1) is 14.5. The number of esters is 1. The molecule has 3 aromatic rings. The van der Waals surface area contributed by atoms with Gasteiger partial charge in [-0.3, -0.25) is 9.59 Å². The van der Waals surface area contributed by atoms with Crippen molar-refractivity contribution < 1.29 is 23.5 Å². The van der Waals surface area contributed by atoms with Crippen molar-refractivity contribution in [2.24, 2.45) is 0 Å². The molecule has 0 saturated carbocycles. The van der Waals surface area contributed by atoms with Crippen LogP contribution >= 0.6 is 0 Å². The smallest absolute Gasteiger partial charge is 0.306 e. The lowest BCUT2D eigenvalue weighted by molar-refractivity contribution is -0.151. The van der Waals surface area contributed by atoms with Crippen molar-refractivity contribution in [3.05, 3.63) is 77.6 Å². The van der Waals surface area contributed by atoms with Crippen molar-refractivity contribution in [2.45, 2.75) is 19.4 Å². The van der Waals surface area contributed by atoms with E-state index in [0.717, 1.165) is 22.1 Å². The van der Waals surface area contributed by atoms with E-state index in [0.29, 0.717) is 12.1 Å². The number of hydrogen-bond donors (Lipinski definition) is 0. The summed E-state index contributed by atoms with van der Waals surface area (Å²) < 4.78 is 23.9. The van der Waals surface area contributed by atoms with E-state index in [1.807, 2.05) is 36.4 Å². The minimum absolute atomic E-state index is 0.0199. The fourth-order valence-electron chi connectivity index (χ4n) is 3.12. The summed E-state index contributed by atoms with van der Waals surface area (Å²) in [5.41, 5.74) is 1.42. The summed E-state index contributed by atoms with van der Waals surface area (Å²) >= 11 is 0. The number of hydrogen-bond acceptors (Lipinski definition) is 4. The topological polar surface area (TPSA) is 55.8 Å². The second-order valence-electron chi connectivity index (χ2n) is 7.05. The molecule has 0 bridgehead atoms. The molecule has 30 heavy (non-hydrogen) atoms. The predicted octanol–water partition coefficient (Wildman–Crippen LogP) is 4.12. The first kappa shape index (κ1) is 21.3. The summed E-state index contributed by atoms with van der Waals surface area (Å²) in [6, 6.07) is 18.0. The zero-order chi connectivity index (χ0) is 21.5. The fraction of sp³-hybridized carbons (Fsp3) is 0.250. The Kier molecular flexibility index (Phi) is 7.01. The predicted molar refractivity (Wildman–Crippen MR) is 113 cm³/mol. The standard InChI is InChI=1S/C24H24FNO4/c1-26(15-17-7-8-20-14-21(29-2)11-9-19(20)13-17)23(27)16-30-24(28)12-10-18-5-3-4-6-22(18)25/h3-9,11,13-14H,10,12,15-16H2,1-2H3. The van der Waals surface area contributed by atoms with Crippen LogP contribution in [0.25, 0.3) is 10.8 Å². The molecule has 0 saturated heterocycles. The molecule has 0 N–H and O–H groups in total. The number of carbonyl (C=O) groups excluding carboxylic acids is 2. The molecule has 6 heteroatoms. The number of carbonyl (C=O) groups is 2. The average molecular weight is 409 g/mol. The third kappa shape index (κ3) is 5.56. The summed E-state index contributed by atoms with van der Waals surface area (Å²) in [5, 5.41) is 2.10. The van der Waals surface area contributed by atoms with Crippen LogP contribution in [0.1, 0.15) is 17.5 Å². The first-order valence-electron chi connectivity index (χ1n) is 9.66. The molecule has 3 rings (SSSR count). The van der Waals surface area contributed by atoms with Crippen LogP contribution < -0.4 is 4.74 Å². The summed E-state index contributed by atoms with van der Waals surface area (Å²) in [5.74, 6) is -0.391. The van der Waals surface area contributed by atoms with Crippen molar-refractivity contribution in [1.29, 1.82) is 0 Å². The van der Waals surface area contributed by atoms with Crippen LogP contribution in [0.3, 0.4) is 0 Å². The Morgan fingerprint density at radius 3 is 2.50 bits per heavy atom. The molecule has 3 aromatic carbocycles. The second kappa shape index (κ2) is 9.87. The van der Waals surface area contributed by atoms with Crippen LogP contribution in [0.2, 0.25) is 0 Å². The van der Waals surface area contributed by atoms with Crippen LogP contribution in [-0.2, 0) is 27.3 Å². The molecule has 0 aliphatic carbocycles. The maximum absolute atomic E-state index is 13.6. The Morgan fingerprint density at radius 2 is 1.73 bits per heavy atom. The largest absolute Gasteiger partial charge is 0.497 e. The SMILES string of the molecule is COc1ccc2cc(CN(C)C(=O)COC(=O)CCc3ccccc3F)ccc2c1. The Balaban J connectivity index is 1.49. The second-order valence-corrected chi connectivity index (χ2v) is 7.05. The number of aryl methyl sites for hydroxylation is 1. The molecule has 0 spiro atoms. The van der Waals surface area contributed by atoms with Gasteiger partial charge in [0.05, 0.1) is 7.11 Å². The van der Waals surface area contributed by atoms with Gasteiger partial charge < -0.3 is 14.4 Å². The quantitative estimate of drug-likeness (QED) is 0.525. The van der Waals surface area contributed by atoms with Crippen LogP contribution in [0, 0.1) is 5.82 Å². The first-order valence-corrected chi connectivity index (χ1v) is 9.66. The summed E-state index contributed by atoms with van der Waals surface area (Å²) in [6.07, 6.45) is 0.253. The lowest BCUT2D eigenvalue weighted by atomic mass is 10.1. The van der Waals surface area contributed by atoms with E-state index in [1.54, 1.807) is 32.4 Å². The maximum Gasteiger partial charge on any atom is 0.306 e. The number of benzene rings is 3. The molecule has 0 radical (unpaired) electrons. The lowest BCUT2D eigenvalue weighted by Gasteiger charge is -2.17. The van der Waals surface area contributed by atoms with Crippen molar-refractivity contribution >= 4 is 22.6 Å². The number of methoxy groups -OCH3 is 1. The molecule has 0 atom stereocenters. The molecule has 0 fully saturated rings. The highest BCUT2D eigenvalue weighted by Crippen LogP contribution is 2.22. The molecule has 0 aromatic heterocycles. The Hall–Kier alpha value is -3.41. The highest BCUT2D eigenvalue weighted by molar-refractivity contribution is 5.85. The number of fused-ring (bicyclic) bond motifs is 1. The summed E-state index contributed by atoms with van der Waals surface area (Å²) in [4.78, 5) is 25.7. The molecule has 156 valence electrons. The molecular weight excluding hydrogens is 385 g/mol. The van der Waals surface area contributed by atoms with Gasteiger partial charge in [0.2, 0.25) is 0 Å². The number of halogens is 1. The zero-order valence-corrected chi connectivity index (χ0v) is 17.1. The van der Waals surface area contributed by atoms with Crippen molar-refractivity contribution in [3.8, 4) is 5.75 Å². The van der Waals surface area contributed by atoms with Gasteiger partial charge in [0.25, 0.3) is 5.91 Å². The molecule has 1 amide bonds. The number of nitrogens with zero attached hydrogens (tertiary/aromatic N) is 1. The van der Waals surface area contributed by atoms with E-state index in [9.17, 15) is 14.0 Å². The third-order valence-corrected chi connectivity index (χ3v) is 4.87. The Labute approximate surface area is 175 Å². The van der Waals surface area contributed by atoms with Crippen molar-refractivity contribution in [2.75, 3.05) is 20.8 Å². The zero-order valence-electron chi connectivity index (χ0n) is 17.1. The summed E-state index contributed by atoms with van der Waals surface area (Å²) in [6.45, 7) is 0.0605. The van der Waals surface area contributed by atoms with Crippen LogP contribution in [0.15, 0.2) is 60.7 Å². The molecule has 0 aliphatic heterocycles. The molecule has 5 nitrogen and oxygen atoms in total. The molecule has 0 heterocycles. The number of rotatable bonds is 8. The van der Waals surface area contributed by atoms with Crippen molar-refractivity contribution in [3.63, 3.8) is 0 Å². The van der Waals surface area contributed by atoms with Gasteiger partial charge in [0.15, 0.2) is 6.61 Å². The van der Waals surface area contributed by atoms with Crippen LogP contribution in [0.4, 0.5) is 4.39 Å². The minimum atomic E-state index is -0.528. The monoisotopic (exact) mass is 409 g/mol. The van der Waals surface area contributed by atoms with Gasteiger partial charge in [-0.15, -0.1) is 0 Å². The number of likely N-dealkylation sites (N-methyl/N-ethyl adjacent to an activating group) is 1. The number of amides is 1. The van der Waals surface area contributed by atoms with E-state index in [2.05, 4.69) is 0 Å². The summed E-state index contributed by atoms with van der Waals surface area (Å²) in [7, 11) is 3.29. The van der Waals surface area contributed by atoms with Gasteiger partial charge in [-0.1, -0.05) is 36.4 Å². The van der Waals surface area contributed by atoms with E-state index < -0.39 is 5.97 Å². The molecule has 0 unspecified atom stereocenters. The highest BCUT2D eigenvalue weighted by atomic mass is 19.1. The van der Waals surface area contributed by atoms with Gasteiger partial charge in [-0.05, 0) is 52.6 Å². The Bertz CT molecular complexity index is 1050. The minimum Gasteiger partial charge on any atom is -0.497 e. The lowest BCUT2D eigenvalue weighted by Crippen LogP contribution is -2.30. The van der Waals surface area contributed by atoms with Crippen LogP contribution in [-0.4, -0.2) is 37.5 Å².